The number of carboxylic acid groups (broad SMARTS) is 1. The van der Waals surface area contributed by atoms with Gasteiger partial charge in [0.15, 0.2) is 0 Å². The number of nitrogens with zero attached hydrogens (tertiary/aromatic N) is 1. The molecule has 104 valence electrons. The molecule has 0 aliphatic carbocycles. The Labute approximate surface area is 120 Å². The fourth-order valence-corrected chi connectivity index (χ4v) is 2.04. The van der Waals surface area contributed by atoms with E-state index < -0.39 is 5.97 Å². The molecule has 0 fully saturated rings. The summed E-state index contributed by atoms with van der Waals surface area (Å²) in [4.78, 5) is 15.0. The average Bonchev–Trinajstić information content (AvgIpc) is 2.49. The van der Waals surface area contributed by atoms with Crippen molar-refractivity contribution in [3.63, 3.8) is 0 Å². The van der Waals surface area contributed by atoms with E-state index in [1.54, 1.807) is 6.07 Å². The number of rotatable bonds is 3. The second-order valence-electron chi connectivity index (χ2n) is 4.53. The minimum Gasteiger partial charge on any atom is -0.478 e. The highest BCUT2D eigenvalue weighted by molar-refractivity contribution is 5.93. The van der Waals surface area contributed by atoms with Crippen LogP contribution >= 0.6 is 0 Å². The molecular formula is C16H12N2O3. The van der Waals surface area contributed by atoms with Gasteiger partial charge in [-0.2, -0.15) is 0 Å². The van der Waals surface area contributed by atoms with Crippen LogP contribution in [-0.2, 0) is 0 Å². The van der Waals surface area contributed by atoms with Crippen LogP contribution in [0.15, 0.2) is 54.7 Å². The molecule has 5 nitrogen and oxygen atoms in total. The SMILES string of the molecule is Nc1cnc(Oc2ccc3ccccc3c2)cc1C(=O)O. The van der Waals surface area contributed by atoms with Crippen molar-refractivity contribution in [3.8, 4) is 11.6 Å². The van der Waals surface area contributed by atoms with Gasteiger partial charge in [-0.15, -0.1) is 0 Å². The molecule has 21 heavy (non-hydrogen) atoms. The molecule has 0 unspecified atom stereocenters. The first-order valence-electron chi connectivity index (χ1n) is 6.29. The van der Waals surface area contributed by atoms with E-state index in [4.69, 9.17) is 15.6 Å². The largest absolute Gasteiger partial charge is 0.478 e. The van der Waals surface area contributed by atoms with Gasteiger partial charge in [0, 0.05) is 6.07 Å². The fourth-order valence-electron chi connectivity index (χ4n) is 2.04. The molecule has 5 heteroatoms. The van der Waals surface area contributed by atoms with Crippen LogP contribution in [0, 0.1) is 0 Å². The van der Waals surface area contributed by atoms with Gasteiger partial charge in [0.25, 0.3) is 0 Å². The highest BCUT2D eigenvalue weighted by Crippen LogP contribution is 2.26. The standard InChI is InChI=1S/C16H12N2O3/c17-14-9-18-15(8-13(14)16(19)20)21-12-6-5-10-3-1-2-4-11(10)7-12/h1-9H,17H2,(H,19,20). The lowest BCUT2D eigenvalue weighted by atomic mass is 10.1. The maximum absolute atomic E-state index is 11.0. The maximum atomic E-state index is 11.0. The number of hydrogen-bond acceptors (Lipinski definition) is 4. The van der Waals surface area contributed by atoms with E-state index in [2.05, 4.69) is 4.98 Å². The second kappa shape index (κ2) is 5.13. The highest BCUT2D eigenvalue weighted by atomic mass is 16.5. The van der Waals surface area contributed by atoms with Gasteiger partial charge in [-0.25, -0.2) is 9.78 Å². The number of anilines is 1. The Balaban J connectivity index is 1.94. The van der Waals surface area contributed by atoms with Crippen molar-refractivity contribution in [2.75, 3.05) is 5.73 Å². The van der Waals surface area contributed by atoms with Crippen molar-refractivity contribution < 1.29 is 14.6 Å². The summed E-state index contributed by atoms with van der Waals surface area (Å²) in [6.45, 7) is 0. The van der Waals surface area contributed by atoms with Gasteiger partial charge in [0.2, 0.25) is 5.88 Å². The Morgan fingerprint density at radius 2 is 1.86 bits per heavy atom. The third-order valence-corrected chi connectivity index (χ3v) is 3.08. The first-order valence-corrected chi connectivity index (χ1v) is 6.29. The number of benzene rings is 2. The zero-order chi connectivity index (χ0) is 14.8. The monoisotopic (exact) mass is 280 g/mol. The summed E-state index contributed by atoms with van der Waals surface area (Å²) >= 11 is 0. The molecule has 1 aromatic heterocycles. The summed E-state index contributed by atoms with van der Waals surface area (Å²) < 4.78 is 5.60. The Kier molecular flexibility index (Phi) is 3.16. The van der Waals surface area contributed by atoms with Crippen LogP contribution in [0.2, 0.25) is 0 Å². The fraction of sp³-hybridized carbons (Fsp3) is 0. The topological polar surface area (TPSA) is 85.4 Å². The number of nitrogen functional groups attached to an aromatic ring is 1. The van der Waals surface area contributed by atoms with Gasteiger partial charge in [-0.1, -0.05) is 30.3 Å². The molecule has 2 aromatic carbocycles. The molecule has 0 saturated heterocycles. The molecular weight excluding hydrogens is 268 g/mol. The first kappa shape index (κ1) is 12.9. The second-order valence-corrected chi connectivity index (χ2v) is 4.53. The molecule has 0 aliphatic heterocycles. The van der Waals surface area contributed by atoms with Crippen molar-refractivity contribution in [1.82, 2.24) is 4.98 Å². The number of carbonyl (C=O) groups is 1. The summed E-state index contributed by atoms with van der Waals surface area (Å²) in [6, 6.07) is 14.8. The van der Waals surface area contributed by atoms with Crippen LogP contribution in [0.25, 0.3) is 10.8 Å². The van der Waals surface area contributed by atoms with E-state index in [0.717, 1.165) is 10.8 Å². The number of nitrogens with two attached hydrogens (primary N) is 1. The van der Waals surface area contributed by atoms with E-state index in [1.165, 1.54) is 12.3 Å². The molecule has 0 bridgehead atoms. The number of hydrogen-bond donors (Lipinski definition) is 2. The number of pyridine rings is 1. The van der Waals surface area contributed by atoms with Gasteiger partial charge in [-0.3, -0.25) is 0 Å². The lowest BCUT2D eigenvalue weighted by molar-refractivity contribution is 0.0697. The van der Waals surface area contributed by atoms with E-state index in [1.807, 2.05) is 36.4 Å². The summed E-state index contributed by atoms with van der Waals surface area (Å²) in [6.07, 6.45) is 1.28. The van der Waals surface area contributed by atoms with Gasteiger partial charge in [0.1, 0.15) is 5.75 Å². The van der Waals surface area contributed by atoms with Crippen LogP contribution in [0.5, 0.6) is 11.6 Å². The van der Waals surface area contributed by atoms with Crippen molar-refractivity contribution >= 4 is 22.4 Å². The normalized spacial score (nSPS) is 10.5. The predicted molar refractivity (Wildman–Crippen MR) is 79.6 cm³/mol. The minimum atomic E-state index is -1.11. The Morgan fingerprint density at radius 1 is 1.10 bits per heavy atom. The molecule has 1 heterocycles. The van der Waals surface area contributed by atoms with Gasteiger partial charge < -0.3 is 15.6 Å². The van der Waals surface area contributed by atoms with E-state index in [9.17, 15) is 4.79 Å². The zero-order valence-electron chi connectivity index (χ0n) is 11.0. The Bertz CT molecular complexity index is 831. The average molecular weight is 280 g/mol. The van der Waals surface area contributed by atoms with Crippen LogP contribution in [0.4, 0.5) is 5.69 Å². The van der Waals surface area contributed by atoms with E-state index in [-0.39, 0.29) is 17.1 Å². The van der Waals surface area contributed by atoms with Gasteiger partial charge >= 0.3 is 5.97 Å². The first-order chi connectivity index (χ1) is 10.1. The number of aromatic nitrogens is 1. The summed E-state index contributed by atoms with van der Waals surface area (Å²) in [5.74, 6) is -0.336. The number of aromatic carboxylic acids is 1. The van der Waals surface area contributed by atoms with Crippen molar-refractivity contribution in [1.29, 1.82) is 0 Å². The smallest absolute Gasteiger partial charge is 0.338 e. The quantitative estimate of drug-likeness (QED) is 0.768. The molecule has 0 amide bonds. The molecule has 0 aliphatic rings. The molecule has 0 radical (unpaired) electrons. The lowest BCUT2D eigenvalue weighted by Crippen LogP contribution is -2.03. The molecule has 3 aromatic rings. The van der Waals surface area contributed by atoms with Crippen LogP contribution in [-0.4, -0.2) is 16.1 Å². The predicted octanol–water partition coefficient (Wildman–Crippen LogP) is 3.31. The number of ether oxygens (including phenoxy) is 1. The summed E-state index contributed by atoms with van der Waals surface area (Å²) in [7, 11) is 0. The molecule has 0 atom stereocenters. The Hall–Kier alpha value is -3.08. The van der Waals surface area contributed by atoms with Crippen LogP contribution in [0.1, 0.15) is 10.4 Å². The van der Waals surface area contributed by atoms with E-state index in [0.29, 0.717) is 5.75 Å². The lowest BCUT2D eigenvalue weighted by Gasteiger charge is -2.07. The summed E-state index contributed by atoms with van der Waals surface area (Å²) in [5, 5.41) is 11.2. The minimum absolute atomic E-state index is 0.0270. The zero-order valence-corrected chi connectivity index (χ0v) is 11.0. The highest BCUT2D eigenvalue weighted by Gasteiger charge is 2.11. The maximum Gasteiger partial charge on any atom is 0.338 e. The molecule has 3 N–H and O–H groups in total. The Morgan fingerprint density at radius 3 is 2.62 bits per heavy atom. The van der Waals surface area contributed by atoms with Gasteiger partial charge in [0.05, 0.1) is 17.4 Å². The molecule has 0 saturated carbocycles. The van der Waals surface area contributed by atoms with Gasteiger partial charge in [-0.05, 0) is 22.9 Å². The van der Waals surface area contributed by atoms with Crippen molar-refractivity contribution in [3.05, 3.63) is 60.3 Å². The third kappa shape index (κ3) is 2.62. The third-order valence-electron chi connectivity index (χ3n) is 3.08. The van der Waals surface area contributed by atoms with Crippen LogP contribution in [0.3, 0.4) is 0 Å². The number of fused-ring (bicyclic) bond motifs is 1. The van der Waals surface area contributed by atoms with Crippen LogP contribution < -0.4 is 10.5 Å². The molecule has 0 spiro atoms. The summed E-state index contributed by atoms with van der Waals surface area (Å²) in [5.41, 5.74) is 5.64. The number of carboxylic acids is 1. The van der Waals surface area contributed by atoms with Crippen molar-refractivity contribution in [2.45, 2.75) is 0 Å². The van der Waals surface area contributed by atoms with Crippen molar-refractivity contribution in [2.24, 2.45) is 0 Å². The van der Waals surface area contributed by atoms with E-state index >= 15 is 0 Å². The molecule has 3 rings (SSSR count).